The number of carboxylic acid groups (broad SMARTS) is 1. The number of amides is 2. The second-order valence-electron chi connectivity index (χ2n) is 3.12. The lowest BCUT2D eigenvalue weighted by Crippen LogP contribution is -2.47. The van der Waals surface area contributed by atoms with E-state index >= 15 is 0 Å². The van der Waals surface area contributed by atoms with Crippen molar-refractivity contribution in [3.05, 3.63) is 29.3 Å². The molecule has 0 aliphatic rings. The van der Waals surface area contributed by atoms with Crippen molar-refractivity contribution in [1.29, 1.82) is 0 Å². The molecular formula is C10H10ClN2O3-. The van der Waals surface area contributed by atoms with Gasteiger partial charge in [-0.3, -0.25) is 0 Å². The minimum absolute atomic E-state index is 0.374. The predicted octanol–water partition coefficient (Wildman–Crippen LogP) is 0.600. The minimum Gasteiger partial charge on any atom is -0.548 e. The van der Waals surface area contributed by atoms with Gasteiger partial charge in [0.05, 0.1) is 22.7 Å². The largest absolute Gasteiger partial charge is 0.548 e. The first kappa shape index (κ1) is 12.3. The molecule has 86 valence electrons. The fourth-order valence-corrected chi connectivity index (χ4v) is 1.16. The Labute approximate surface area is 97.4 Å². The Morgan fingerprint density at radius 3 is 2.56 bits per heavy atom. The molecule has 5 nitrogen and oxygen atoms in total. The van der Waals surface area contributed by atoms with Gasteiger partial charge < -0.3 is 20.5 Å². The summed E-state index contributed by atoms with van der Waals surface area (Å²) in [7, 11) is 0. The number of carbonyl (C=O) groups is 2. The maximum Gasteiger partial charge on any atom is 0.319 e. The van der Waals surface area contributed by atoms with Crippen LogP contribution in [0.3, 0.4) is 0 Å². The molecule has 6 heteroatoms. The number of rotatable bonds is 3. The number of aliphatic carboxylic acids is 1. The van der Waals surface area contributed by atoms with Crippen LogP contribution in [0.2, 0.25) is 5.02 Å². The van der Waals surface area contributed by atoms with E-state index in [9.17, 15) is 14.7 Å². The smallest absolute Gasteiger partial charge is 0.319 e. The van der Waals surface area contributed by atoms with Crippen LogP contribution >= 0.6 is 11.6 Å². The molecule has 2 amide bonds. The molecule has 2 N–H and O–H groups in total. The standard InChI is InChI=1S/C10H11ClN2O3/c1-6(9(14)15)12-10(16)13-8-5-3-2-4-7(8)11/h2-6H,1H3,(H,14,15)(H2,12,13,16)/p-1/t6-/m0/s1. The molecule has 0 fully saturated rings. The molecule has 1 rings (SSSR count). The second kappa shape index (κ2) is 5.37. The Bertz CT molecular complexity index is 409. The first-order chi connectivity index (χ1) is 7.50. The molecule has 0 saturated carbocycles. The number of nitrogens with one attached hydrogen (secondary N) is 2. The van der Waals surface area contributed by atoms with E-state index in [0.29, 0.717) is 10.7 Å². The van der Waals surface area contributed by atoms with Crippen LogP contribution in [-0.2, 0) is 4.79 Å². The zero-order chi connectivity index (χ0) is 12.1. The molecule has 1 aromatic carbocycles. The Morgan fingerprint density at radius 2 is 2.00 bits per heavy atom. The highest BCUT2D eigenvalue weighted by molar-refractivity contribution is 6.33. The number of halogens is 1. The van der Waals surface area contributed by atoms with Crippen LogP contribution in [0.5, 0.6) is 0 Å². The maximum absolute atomic E-state index is 11.3. The van der Waals surface area contributed by atoms with E-state index in [0.717, 1.165) is 0 Å². The van der Waals surface area contributed by atoms with Crippen LogP contribution in [-0.4, -0.2) is 18.0 Å². The summed E-state index contributed by atoms with van der Waals surface area (Å²) >= 11 is 5.80. The van der Waals surface area contributed by atoms with Crippen LogP contribution in [0, 0.1) is 0 Å². The number of hydrogen-bond donors (Lipinski definition) is 2. The van der Waals surface area contributed by atoms with Crippen molar-refractivity contribution in [3.63, 3.8) is 0 Å². The zero-order valence-electron chi connectivity index (χ0n) is 8.49. The average Bonchev–Trinajstić information content (AvgIpc) is 2.21. The number of para-hydroxylation sites is 1. The van der Waals surface area contributed by atoms with Crippen molar-refractivity contribution in [1.82, 2.24) is 5.32 Å². The van der Waals surface area contributed by atoms with E-state index in [1.807, 2.05) is 0 Å². The molecule has 0 bridgehead atoms. The summed E-state index contributed by atoms with van der Waals surface area (Å²) < 4.78 is 0. The predicted molar refractivity (Wildman–Crippen MR) is 58.1 cm³/mol. The van der Waals surface area contributed by atoms with Gasteiger partial charge in [0.2, 0.25) is 0 Å². The molecule has 0 radical (unpaired) electrons. The van der Waals surface area contributed by atoms with Gasteiger partial charge in [-0.15, -0.1) is 0 Å². The topological polar surface area (TPSA) is 81.3 Å². The maximum atomic E-state index is 11.3. The lowest BCUT2D eigenvalue weighted by atomic mass is 10.3. The van der Waals surface area contributed by atoms with E-state index in [-0.39, 0.29) is 0 Å². The van der Waals surface area contributed by atoms with E-state index in [4.69, 9.17) is 11.6 Å². The van der Waals surface area contributed by atoms with Crippen LogP contribution in [0.4, 0.5) is 10.5 Å². The van der Waals surface area contributed by atoms with Crippen LogP contribution in [0.25, 0.3) is 0 Å². The lowest BCUT2D eigenvalue weighted by Gasteiger charge is -2.15. The summed E-state index contributed by atoms with van der Waals surface area (Å²) in [5.74, 6) is -1.35. The molecule has 1 aromatic rings. The summed E-state index contributed by atoms with van der Waals surface area (Å²) in [5.41, 5.74) is 0.409. The minimum atomic E-state index is -1.35. The quantitative estimate of drug-likeness (QED) is 0.813. The summed E-state index contributed by atoms with van der Waals surface area (Å²) in [6.07, 6.45) is 0. The number of carboxylic acids is 1. The molecule has 1 atom stereocenters. The third-order valence-electron chi connectivity index (χ3n) is 1.82. The Hall–Kier alpha value is -1.75. The summed E-state index contributed by atoms with van der Waals surface area (Å²) in [6, 6.07) is 4.91. The highest BCUT2D eigenvalue weighted by atomic mass is 35.5. The fourth-order valence-electron chi connectivity index (χ4n) is 0.977. The summed E-state index contributed by atoms with van der Waals surface area (Å²) in [4.78, 5) is 21.7. The van der Waals surface area contributed by atoms with Gasteiger partial charge in [0.25, 0.3) is 0 Å². The monoisotopic (exact) mass is 241 g/mol. The first-order valence-electron chi connectivity index (χ1n) is 4.53. The number of anilines is 1. The van der Waals surface area contributed by atoms with Gasteiger partial charge >= 0.3 is 6.03 Å². The number of hydrogen-bond acceptors (Lipinski definition) is 3. The van der Waals surface area contributed by atoms with Gasteiger partial charge in [0.15, 0.2) is 0 Å². The summed E-state index contributed by atoms with van der Waals surface area (Å²) in [5, 5.41) is 15.4. The first-order valence-corrected chi connectivity index (χ1v) is 4.91. The van der Waals surface area contributed by atoms with Gasteiger partial charge in [0.1, 0.15) is 0 Å². The van der Waals surface area contributed by atoms with Gasteiger partial charge in [0, 0.05) is 0 Å². The normalized spacial score (nSPS) is 11.6. The van der Waals surface area contributed by atoms with E-state index in [2.05, 4.69) is 10.6 Å². The SMILES string of the molecule is C[C@H](NC(=O)Nc1ccccc1Cl)C(=O)[O-]. The lowest BCUT2D eigenvalue weighted by molar-refractivity contribution is -0.307. The number of benzene rings is 1. The van der Waals surface area contributed by atoms with Crippen molar-refractivity contribution >= 4 is 29.3 Å². The zero-order valence-corrected chi connectivity index (χ0v) is 9.25. The van der Waals surface area contributed by atoms with Crippen molar-refractivity contribution in [3.8, 4) is 0 Å². The van der Waals surface area contributed by atoms with Crippen molar-refractivity contribution in [2.24, 2.45) is 0 Å². The molecule has 0 heterocycles. The molecule has 0 aliphatic heterocycles. The number of urea groups is 1. The molecule has 0 unspecified atom stereocenters. The van der Waals surface area contributed by atoms with Crippen molar-refractivity contribution < 1.29 is 14.7 Å². The molecular weight excluding hydrogens is 232 g/mol. The van der Waals surface area contributed by atoms with E-state index in [1.54, 1.807) is 24.3 Å². The van der Waals surface area contributed by atoms with Gasteiger partial charge in [-0.05, 0) is 19.1 Å². The fraction of sp³-hybridized carbons (Fsp3) is 0.200. The highest BCUT2D eigenvalue weighted by Gasteiger charge is 2.08. The molecule has 0 aromatic heterocycles. The molecule has 0 aliphatic carbocycles. The van der Waals surface area contributed by atoms with Crippen molar-refractivity contribution in [2.75, 3.05) is 5.32 Å². The second-order valence-corrected chi connectivity index (χ2v) is 3.53. The third-order valence-corrected chi connectivity index (χ3v) is 2.15. The molecule has 16 heavy (non-hydrogen) atoms. The average molecular weight is 242 g/mol. The molecule has 0 spiro atoms. The van der Waals surface area contributed by atoms with Gasteiger partial charge in [-0.1, -0.05) is 23.7 Å². The highest BCUT2D eigenvalue weighted by Crippen LogP contribution is 2.19. The van der Waals surface area contributed by atoms with E-state index in [1.165, 1.54) is 6.92 Å². The van der Waals surface area contributed by atoms with Crippen LogP contribution in [0.15, 0.2) is 24.3 Å². The third kappa shape index (κ3) is 3.43. The van der Waals surface area contributed by atoms with Crippen LogP contribution in [0.1, 0.15) is 6.92 Å². The number of carbonyl (C=O) groups excluding carboxylic acids is 2. The van der Waals surface area contributed by atoms with Gasteiger partial charge in [-0.25, -0.2) is 4.79 Å². The molecule has 0 saturated heterocycles. The Balaban J connectivity index is 2.59. The Kier molecular flexibility index (Phi) is 4.13. The van der Waals surface area contributed by atoms with E-state index < -0.39 is 18.0 Å². The van der Waals surface area contributed by atoms with Crippen molar-refractivity contribution in [2.45, 2.75) is 13.0 Å². The summed E-state index contributed by atoms with van der Waals surface area (Å²) in [6.45, 7) is 1.31. The van der Waals surface area contributed by atoms with Crippen LogP contribution < -0.4 is 15.7 Å². The Morgan fingerprint density at radius 1 is 1.38 bits per heavy atom. The van der Waals surface area contributed by atoms with Gasteiger partial charge in [-0.2, -0.15) is 0 Å².